The first-order valence-corrected chi connectivity index (χ1v) is 6.56. The summed E-state index contributed by atoms with van der Waals surface area (Å²) in [6.07, 6.45) is 0. The van der Waals surface area contributed by atoms with Crippen LogP contribution in [0.15, 0.2) is 0 Å². The predicted octanol–water partition coefficient (Wildman–Crippen LogP) is 2.58. The SMILES string of the molecule is CC(C)NC(=O)C(F)(F)C(F)(F)C(F)(F)C(F)(F)C(=O)NC(C)C. The molecule has 0 saturated carbocycles. The Morgan fingerprint density at radius 3 is 1.00 bits per heavy atom. The van der Waals surface area contributed by atoms with E-state index in [1.165, 1.54) is 10.6 Å². The molecule has 4 nitrogen and oxygen atoms in total. The zero-order valence-electron chi connectivity index (χ0n) is 13.0. The van der Waals surface area contributed by atoms with Crippen LogP contribution < -0.4 is 10.6 Å². The van der Waals surface area contributed by atoms with Gasteiger partial charge in [-0.2, -0.15) is 35.1 Å². The fourth-order valence-corrected chi connectivity index (χ4v) is 1.39. The van der Waals surface area contributed by atoms with Crippen LogP contribution >= 0.6 is 0 Å². The van der Waals surface area contributed by atoms with E-state index in [4.69, 9.17) is 0 Å². The first-order valence-electron chi connectivity index (χ1n) is 6.56. The number of alkyl halides is 8. The highest BCUT2D eigenvalue weighted by atomic mass is 19.4. The molecule has 2 amide bonds. The Kier molecular flexibility index (Phi) is 6.26. The minimum Gasteiger partial charge on any atom is -0.348 e. The molecule has 0 unspecified atom stereocenters. The van der Waals surface area contributed by atoms with Crippen LogP contribution in [0.3, 0.4) is 0 Å². The minimum atomic E-state index is -6.84. The number of amides is 2. The molecule has 0 aliphatic rings. The lowest BCUT2D eigenvalue weighted by atomic mass is 9.97. The van der Waals surface area contributed by atoms with Gasteiger partial charge in [-0.05, 0) is 27.7 Å². The number of halogens is 8. The predicted molar refractivity (Wildman–Crippen MR) is 66.3 cm³/mol. The van der Waals surface area contributed by atoms with Gasteiger partial charge in [0.2, 0.25) is 0 Å². The number of carbonyl (C=O) groups is 2. The quantitative estimate of drug-likeness (QED) is 0.675. The molecule has 142 valence electrons. The van der Waals surface area contributed by atoms with Crippen LogP contribution in [0, 0.1) is 0 Å². The molecule has 24 heavy (non-hydrogen) atoms. The van der Waals surface area contributed by atoms with E-state index in [0.717, 1.165) is 27.7 Å². The van der Waals surface area contributed by atoms with Crippen molar-refractivity contribution >= 4 is 11.8 Å². The third-order valence-electron chi connectivity index (χ3n) is 2.59. The van der Waals surface area contributed by atoms with E-state index in [2.05, 4.69) is 0 Å². The fourth-order valence-electron chi connectivity index (χ4n) is 1.39. The lowest BCUT2D eigenvalue weighted by molar-refractivity contribution is -0.347. The first kappa shape index (κ1) is 22.4. The number of carbonyl (C=O) groups excluding carboxylic acids is 2. The van der Waals surface area contributed by atoms with E-state index < -0.39 is 47.6 Å². The Labute approximate surface area is 132 Å². The van der Waals surface area contributed by atoms with Crippen LogP contribution in [-0.2, 0) is 9.59 Å². The Bertz CT molecular complexity index is 447. The van der Waals surface area contributed by atoms with Gasteiger partial charge in [0.25, 0.3) is 11.8 Å². The van der Waals surface area contributed by atoms with Gasteiger partial charge >= 0.3 is 23.7 Å². The third kappa shape index (κ3) is 3.72. The van der Waals surface area contributed by atoms with Gasteiger partial charge in [-0.15, -0.1) is 0 Å². The molecule has 12 heteroatoms. The molecule has 0 bridgehead atoms. The summed E-state index contributed by atoms with van der Waals surface area (Å²) in [7, 11) is 0. The highest BCUT2D eigenvalue weighted by molar-refractivity contribution is 5.87. The maximum atomic E-state index is 13.5. The minimum absolute atomic E-state index is 1.05. The molecule has 2 N–H and O–H groups in total. The highest BCUT2D eigenvalue weighted by Crippen LogP contribution is 2.52. The topological polar surface area (TPSA) is 58.2 Å². The van der Waals surface area contributed by atoms with Gasteiger partial charge in [0.15, 0.2) is 0 Å². The Balaban J connectivity index is 5.88. The van der Waals surface area contributed by atoms with Crippen LogP contribution in [0.1, 0.15) is 27.7 Å². The maximum absolute atomic E-state index is 13.5. The summed E-state index contributed by atoms with van der Waals surface area (Å²) in [4.78, 5) is 22.0. The second-order valence-electron chi connectivity index (χ2n) is 5.55. The summed E-state index contributed by atoms with van der Waals surface area (Å²) >= 11 is 0. The van der Waals surface area contributed by atoms with Crippen molar-refractivity contribution < 1.29 is 44.7 Å². The largest absolute Gasteiger partial charge is 0.392 e. The molecule has 0 saturated heterocycles. The van der Waals surface area contributed by atoms with Crippen LogP contribution in [0.2, 0.25) is 0 Å². The molecule has 0 rings (SSSR count). The number of hydrogen-bond acceptors (Lipinski definition) is 2. The van der Waals surface area contributed by atoms with Gasteiger partial charge in [-0.3, -0.25) is 9.59 Å². The molecular weight excluding hydrogens is 356 g/mol. The monoisotopic (exact) mass is 372 g/mol. The van der Waals surface area contributed by atoms with Crippen LogP contribution in [-0.4, -0.2) is 47.6 Å². The lowest BCUT2D eigenvalue weighted by Gasteiger charge is -2.35. The summed E-state index contributed by atoms with van der Waals surface area (Å²) < 4.78 is 107. The molecule has 0 aromatic heterocycles. The molecule has 0 heterocycles. The summed E-state index contributed by atoms with van der Waals surface area (Å²) in [5.74, 6) is -31.8. The van der Waals surface area contributed by atoms with E-state index in [9.17, 15) is 44.7 Å². The van der Waals surface area contributed by atoms with Gasteiger partial charge in [0.05, 0.1) is 0 Å². The molecule has 0 aliphatic carbocycles. The van der Waals surface area contributed by atoms with Crippen molar-refractivity contribution in [3.05, 3.63) is 0 Å². The highest BCUT2D eigenvalue weighted by Gasteiger charge is 2.84. The lowest BCUT2D eigenvalue weighted by Crippen LogP contribution is -2.69. The van der Waals surface area contributed by atoms with Gasteiger partial charge in [0, 0.05) is 12.1 Å². The molecule has 0 aromatic rings. The maximum Gasteiger partial charge on any atom is 0.392 e. The van der Waals surface area contributed by atoms with Gasteiger partial charge in [-0.1, -0.05) is 0 Å². The van der Waals surface area contributed by atoms with E-state index in [1.807, 2.05) is 0 Å². The molecule has 0 spiro atoms. The zero-order chi connectivity index (χ0) is 19.7. The third-order valence-corrected chi connectivity index (χ3v) is 2.59. The summed E-state index contributed by atoms with van der Waals surface area (Å²) in [6, 6.07) is -2.31. The fraction of sp³-hybridized carbons (Fsp3) is 0.833. The van der Waals surface area contributed by atoms with Crippen molar-refractivity contribution in [3.63, 3.8) is 0 Å². The van der Waals surface area contributed by atoms with E-state index in [-0.39, 0.29) is 0 Å². The van der Waals surface area contributed by atoms with Crippen LogP contribution in [0.25, 0.3) is 0 Å². The summed E-state index contributed by atoms with van der Waals surface area (Å²) in [6.45, 7) is 4.20. The molecule has 0 radical (unpaired) electrons. The van der Waals surface area contributed by atoms with Crippen molar-refractivity contribution in [2.24, 2.45) is 0 Å². The van der Waals surface area contributed by atoms with Crippen molar-refractivity contribution in [3.8, 4) is 0 Å². The Hall–Kier alpha value is -1.62. The number of nitrogens with one attached hydrogen (secondary N) is 2. The molecule has 0 aliphatic heterocycles. The Morgan fingerprint density at radius 2 is 0.833 bits per heavy atom. The molecule has 0 atom stereocenters. The standard InChI is InChI=1S/C12H16F8N2O2/c1-5(2)21-7(23)9(13,14)11(17,18)12(19,20)10(15,16)8(24)22-6(3)4/h5-6H,1-4H3,(H,21,23)(H,22,24). The number of rotatable bonds is 7. The van der Waals surface area contributed by atoms with E-state index in [0.29, 0.717) is 0 Å². The summed E-state index contributed by atoms with van der Waals surface area (Å²) in [5, 5.41) is 2.45. The van der Waals surface area contributed by atoms with Gasteiger partial charge in [-0.25, -0.2) is 0 Å². The van der Waals surface area contributed by atoms with Gasteiger partial charge in [0.1, 0.15) is 0 Å². The second kappa shape index (κ2) is 6.71. The number of hydrogen-bond donors (Lipinski definition) is 2. The van der Waals surface area contributed by atoms with Crippen LogP contribution in [0.4, 0.5) is 35.1 Å². The normalized spacial score (nSPS) is 14.1. The summed E-state index contributed by atoms with van der Waals surface area (Å²) in [5.41, 5.74) is 0. The average molecular weight is 372 g/mol. The van der Waals surface area contributed by atoms with Crippen LogP contribution in [0.5, 0.6) is 0 Å². The van der Waals surface area contributed by atoms with E-state index >= 15 is 0 Å². The van der Waals surface area contributed by atoms with E-state index in [1.54, 1.807) is 0 Å². The smallest absolute Gasteiger partial charge is 0.348 e. The Morgan fingerprint density at radius 1 is 0.625 bits per heavy atom. The molecule has 0 aromatic carbocycles. The van der Waals surface area contributed by atoms with Crippen molar-refractivity contribution in [2.45, 2.75) is 63.5 Å². The zero-order valence-corrected chi connectivity index (χ0v) is 13.0. The van der Waals surface area contributed by atoms with Crippen molar-refractivity contribution in [1.29, 1.82) is 0 Å². The second-order valence-corrected chi connectivity index (χ2v) is 5.55. The molecular formula is C12H16F8N2O2. The molecule has 0 fully saturated rings. The van der Waals surface area contributed by atoms with Crippen molar-refractivity contribution in [2.75, 3.05) is 0 Å². The average Bonchev–Trinajstić information content (AvgIpc) is 2.35. The van der Waals surface area contributed by atoms with Crippen molar-refractivity contribution in [1.82, 2.24) is 10.6 Å². The van der Waals surface area contributed by atoms with Gasteiger partial charge < -0.3 is 10.6 Å². The first-order chi connectivity index (χ1) is 10.4.